The lowest BCUT2D eigenvalue weighted by Crippen LogP contribution is -2.17. The molecule has 3 rings (SSSR count). The van der Waals surface area contributed by atoms with Crippen molar-refractivity contribution in [2.75, 3.05) is 10.6 Å². The van der Waals surface area contributed by atoms with Crippen LogP contribution < -0.4 is 10.6 Å². The van der Waals surface area contributed by atoms with Crippen LogP contribution in [0.25, 0.3) is 0 Å². The summed E-state index contributed by atoms with van der Waals surface area (Å²) in [7, 11) is 0. The predicted molar refractivity (Wildman–Crippen MR) is 87.2 cm³/mol. The van der Waals surface area contributed by atoms with Crippen LogP contribution in [0.5, 0.6) is 0 Å². The van der Waals surface area contributed by atoms with Crippen LogP contribution in [0, 0.1) is 11.3 Å². The van der Waals surface area contributed by atoms with Crippen LogP contribution in [-0.4, -0.2) is 21.9 Å². The Kier molecular flexibility index (Phi) is 4.20. The van der Waals surface area contributed by atoms with Gasteiger partial charge in [-0.15, -0.1) is 0 Å². The number of hydrogen-bond donors (Lipinski definition) is 2. The molecule has 1 heterocycles. The molecule has 1 saturated carbocycles. The van der Waals surface area contributed by atoms with E-state index in [1.165, 1.54) is 12.5 Å². The van der Waals surface area contributed by atoms with Gasteiger partial charge in [-0.3, -0.25) is 4.79 Å². The van der Waals surface area contributed by atoms with Crippen LogP contribution in [-0.2, 0) is 6.42 Å². The fourth-order valence-corrected chi connectivity index (χ4v) is 2.31. The Bertz CT molecular complexity index is 777. The third-order valence-electron chi connectivity index (χ3n) is 3.71. The molecule has 0 unspecified atom stereocenters. The van der Waals surface area contributed by atoms with Crippen molar-refractivity contribution in [3.63, 3.8) is 0 Å². The Hall–Kier alpha value is -2.94. The van der Waals surface area contributed by atoms with Gasteiger partial charge in [-0.05, 0) is 37.5 Å². The monoisotopic (exact) mass is 307 g/mol. The number of amides is 1. The van der Waals surface area contributed by atoms with Crippen LogP contribution in [0.4, 0.5) is 11.4 Å². The second kappa shape index (κ2) is 6.44. The smallest absolute Gasteiger partial charge is 0.259 e. The van der Waals surface area contributed by atoms with Gasteiger partial charge in [0.05, 0.1) is 34.3 Å². The molecule has 116 valence electrons. The van der Waals surface area contributed by atoms with Gasteiger partial charge in [0, 0.05) is 12.2 Å². The van der Waals surface area contributed by atoms with Crippen LogP contribution in [0.3, 0.4) is 0 Å². The van der Waals surface area contributed by atoms with Crippen molar-refractivity contribution in [2.45, 2.75) is 32.2 Å². The zero-order chi connectivity index (χ0) is 16.2. The largest absolute Gasteiger partial charge is 0.381 e. The number of nitriles is 1. The number of anilines is 2. The van der Waals surface area contributed by atoms with E-state index in [0.29, 0.717) is 35.0 Å². The molecule has 1 aliphatic carbocycles. The van der Waals surface area contributed by atoms with Crippen molar-refractivity contribution >= 4 is 17.3 Å². The van der Waals surface area contributed by atoms with E-state index in [1.807, 2.05) is 6.92 Å². The zero-order valence-corrected chi connectivity index (χ0v) is 12.8. The van der Waals surface area contributed by atoms with E-state index >= 15 is 0 Å². The zero-order valence-electron chi connectivity index (χ0n) is 12.8. The second-order valence-corrected chi connectivity index (χ2v) is 5.48. The molecule has 1 aromatic carbocycles. The molecule has 6 heteroatoms. The Morgan fingerprint density at radius 2 is 2.22 bits per heavy atom. The number of carbonyl (C=O) groups excluding carboxylic acids is 1. The molecule has 2 aromatic rings. The minimum atomic E-state index is -0.244. The van der Waals surface area contributed by atoms with Crippen LogP contribution >= 0.6 is 0 Å². The number of carbonyl (C=O) groups is 1. The number of hydrogen-bond acceptors (Lipinski definition) is 5. The van der Waals surface area contributed by atoms with Crippen molar-refractivity contribution in [1.82, 2.24) is 9.97 Å². The van der Waals surface area contributed by atoms with E-state index < -0.39 is 0 Å². The minimum absolute atomic E-state index is 0.244. The number of benzene rings is 1. The van der Waals surface area contributed by atoms with Gasteiger partial charge in [0.1, 0.15) is 6.33 Å². The maximum Gasteiger partial charge on any atom is 0.259 e. The standard InChI is InChI=1S/C17H17N5O/c1-2-14-13(9-19-10-20-14)17(23)22-15-6-3-11(8-18)7-16(15)21-12-4-5-12/h3,6-7,9-10,12,21H,2,4-5H2,1H3,(H,22,23). The molecule has 1 aliphatic rings. The average Bonchev–Trinajstić information content (AvgIpc) is 3.40. The first kappa shape index (κ1) is 15.0. The normalized spacial score (nSPS) is 13.2. The van der Waals surface area contributed by atoms with E-state index in [-0.39, 0.29) is 5.91 Å². The Balaban J connectivity index is 1.86. The van der Waals surface area contributed by atoms with E-state index in [2.05, 4.69) is 26.7 Å². The summed E-state index contributed by atoms with van der Waals surface area (Å²) in [5, 5.41) is 15.3. The Morgan fingerprint density at radius 1 is 1.39 bits per heavy atom. The summed E-state index contributed by atoms with van der Waals surface area (Å²) >= 11 is 0. The molecular formula is C17H17N5O. The lowest BCUT2D eigenvalue weighted by molar-refractivity contribution is 0.102. The summed E-state index contributed by atoms with van der Waals surface area (Å²) in [6.45, 7) is 1.95. The highest BCUT2D eigenvalue weighted by molar-refractivity contribution is 6.06. The molecule has 1 fully saturated rings. The maximum absolute atomic E-state index is 12.5. The average molecular weight is 307 g/mol. The van der Waals surface area contributed by atoms with E-state index in [4.69, 9.17) is 5.26 Å². The molecule has 1 aromatic heterocycles. The molecule has 23 heavy (non-hydrogen) atoms. The van der Waals surface area contributed by atoms with Gasteiger partial charge in [-0.2, -0.15) is 5.26 Å². The first-order valence-electron chi connectivity index (χ1n) is 7.62. The number of nitrogens with zero attached hydrogens (tertiary/aromatic N) is 3. The Labute approximate surface area is 134 Å². The fourth-order valence-electron chi connectivity index (χ4n) is 2.31. The quantitative estimate of drug-likeness (QED) is 0.886. The van der Waals surface area contributed by atoms with Gasteiger partial charge in [-0.25, -0.2) is 9.97 Å². The SMILES string of the molecule is CCc1ncncc1C(=O)Nc1ccc(C#N)cc1NC1CC1. The van der Waals surface area contributed by atoms with Crippen LogP contribution in [0.2, 0.25) is 0 Å². The van der Waals surface area contributed by atoms with Crippen molar-refractivity contribution < 1.29 is 4.79 Å². The highest BCUT2D eigenvalue weighted by Crippen LogP contribution is 2.30. The first-order chi connectivity index (χ1) is 11.2. The van der Waals surface area contributed by atoms with Gasteiger partial charge in [0.25, 0.3) is 5.91 Å². The lowest BCUT2D eigenvalue weighted by atomic mass is 10.1. The van der Waals surface area contributed by atoms with Crippen molar-refractivity contribution in [3.8, 4) is 6.07 Å². The van der Waals surface area contributed by atoms with E-state index in [1.54, 1.807) is 18.2 Å². The molecule has 0 saturated heterocycles. The molecule has 0 spiro atoms. The molecule has 0 atom stereocenters. The molecule has 0 radical (unpaired) electrons. The highest BCUT2D eigenvalue weighted by Gasteiger charge is 2.23. The summed E-state index contributed by atoms with van der Waals surface area (Å²) < 4.78 is 0. The van der Waals surface area contributed by atoms with Crippen LogP contribution in [0.15, 0.2) is 30.7 Å². The van der Waals surface area contributed by atoms with Crippen molar-refractivity contribution in [3.05, 3.63) is 47.5 Å². The summed E-state index contributed by atoms with van der Waals surface area (Å²) in [5.74, 6) is -0.244. The molecule has 0 bridgehead atoms. The van der Waals surface area contributed by atoms with Crippen LogP contribution in [0.1, 0.15) is 41.4 Å². The van der Waals surface area contributed by atoms with E-state index in [0.717, 1.165) is 18.5 Å². The molecular weight excluding hydrogens is 290 g/mol. The van der Waals surface area contributed by atoms with Gasteiger partial charge < -0.3 is 10.6 Å². The Morgan fingerprint density at radius 3 is 2.91 bits per heavy atom. The third-order valence-corrected chi connectivity index (χ3v) is 3.71. The molecule has 6 nitrogen and oxygen atoms in total. The summed E-state index contributed by atoms with van der Waals surface area (Å²) in [5.41, 5.74) is 3.17. The van der Waals surface area contributed by atoms with Gasteiger partial charge in [-0.1, -0.05) is 6.92 Å². The molecule has 1 amide bonds. The summed E-state index contributed by atoms with van der Waals surface area (Å²) in [4.78, 5) is 20.6. The second-order valence-electron chi connectivity index (χ2n) is 5.48. The van der Waals surface area contributed by atoms with Gasteiger partial charge in [0.2, 0.25) is 0 Å². The first-order valence-corrected chi connectivity index (χ1v) is 7.62. The van der Waals surface area contributed by atoms with E-state index in [9.17, 15) is 4.79 Å². The summed E-state index contributed by atoms with van der Waals surface area (Å²) in [6, 6.07) is 7.74. The molecule has 0 aliphatic heterocycles. The number of nitrogens with one attached hydrogen (secondary N) is 2. The summed E-state index contributed by atoms with van der Waals surface area (Å²) in [6.07, 6.45) is 5.84. The number of aromatic nitrogens is 2. The highest BCUT2D eigenvalue weighted by atomic mass is 16.1. The van der Waals surface area contributed by atoms with Crippen molar-refractivity contribution in [1.29, 1.82) is 5.26 Å². The third kappa shape index (κ3) is 3.46. The fraction of sp³-hybridized carbons (Fsp3) is 0.294. The minimum Gasteiger partial charge on any atom is -0.381 e. The number of aryl methyl sites for hydroxylation is 1. The van der Waals surface area contributed by atoms with Crippen molar-refractivity contribution in [2.24, 2.45) is 0 Å². The lowest BCUT2D eigenvalue weighted by Gasteiger charge is -2.14. The topological polar surface area (TPSA) is 90.7 Å². The van der Waals surface area contributed by atoms with Gasteiger partial charge in [0.15, 0.2) is 0 Å². The predicted octanol–water partition coefficient (Wildman–Crippen LogP) is 2.74. The van der Waals surface area contributed by atoms with Gasteiger partial charge >= 0.3 is 0 Å². The number of rotatable bonds is 5. The molecule has 2 N–H and O–H groups in total. The maximum atomic E-state index is 12.5.